The van der Waals surface area contributed by atoms with Gasteiger partial charge in [0.15, 0.2) is 12.1 Å². The number of ether oxygens (including phenoxy) is 1. The van der Waals surface area contributed by atoms with Crippen LogP contribution in [0.4, 0.5) is 10.5 Å². The summed E-state index contributed by atoms with van der Waals surface area (Å²) in [5.74, 6) is 0.0325. The molecule has 2 aromatic carbocycles. The summed E-state index contributed by atoms with van der Waals surface area (Å²) in [4.78, 5) is 26.8. The second kappa shape index (κ2) is 9.70. The summed E-state index contributed by atoms with van der Waals surface area (Å²) < 4.78 is 7.50. The number of amides is 3. The highest BCUT2D eigenvalue weighted by molar-refractivity contribution is 6.42. The number of urea groups is 1. The quantitative estimate of drug-likeness (QED) is 0.435. The van der Waals surface area contributed by atoms with Crippen LogP contribution in [-0.4, -0.2) is 53.9 Å². The van der Waals surface area contributed by atoms with E-state index < -0.39 is 5.91 Å². The largest absolute Gasteiger partial charge is 0.496 e. The van der Waals surface area contributed by atoms with Gasteiger partial charge in [0.25, 0.3) is 5.91 Å². The Morgan fingerprint density at radius 2 is 1.97 bits per heavy atom. The summed E-state index contributed by atoms with van der Waals surface area (Å²) in [6.45, 7) is 4.91. The summed E-state index contributed by atoms with van der Waals surface area (Å²) in [6, 6.07) is 8.16. The Morgan fingerprint density at radius 3 is 2.62 bits per heavy atom. The maximum Gasteiger partial charge on any atom is 0.322 e. The van der Waals surface area contributed by atoms with Gasteiger partial charge in [-0.15, -0.1) is 6.58 Å². The van der Waals surface area contributed by atoms with Crippen LogP contribution in [-0.2, 0) is 11.2 Å². The number of hydrogen-bond donors (Lipinski definition) is 2. The van der Waals surface area contributed by atoms with Gasteiger partial charge in [-0.1, -0.05) is 40.9 Å². The van der Waals surface area contributed by atoms with Gasteiger partial charge in [0, 0.05) is 16.3 Å². The Hall–Kier alpha value is -3.00. The van der Waals surface area contributed by atoms with Crippen molar-refractivity contribution in [2.45, 2.75) is 6.42 Å². The molecule has 0 bridgehead atoms. The molecule has 0 saturated carbocycles. The van der Waals surface area contributed by atoms with Crippen molar-refractivity contribution >= 4 is 58.1 Å². The molecule has 0 unspecified atom stereocenters. The van der Waals surface area contributed by atoms with Crippen LogP contribution < -0.4 is 15.8 Å². The van der Waals surface area contributed by atoms with Crippen LogP contribution in [0.1, 0.15) is 11.1 Å². The standard InChI is InChI=1S/C24H21Cl3N4O3/c1-3-4-15-17(26)9-13(10-20(15)34-2)22-21(23(28)32)19-12-30(7-8-31(19)22)24(33)29-14-5-6-16(25)18(27)11-14/h3,5-6,9-11H,1,4,7-8,12H2,2H3,(H2-,28,29,32,33)/p+1. The smallest absolute Gasteiger partial charge is 0.322 e. The van der Waals surface area contributed by atoms with Crippen molar-refractivity contribution in [1.29, 1.82) is 0 Å². The number of primary amides is 1. The Bertz CT molecular complexity index is 1290. The zero-order valence-electron chi connectivity index (χ0n) is 18.3. The van der Waals surface area contributed by atoms with E-state index >= 15 is 0 Å². The molecule has 176 valence electrons. The molecule has 0 aliphatic carbocycles. The number of nitrogens with zero attached hydrogens (tertiary/aromatic N) is 2. The molecule has 0 aromatic heterocycles. The average Bonchev–Trinajstić information content (AvgIpc) is 2.78. The van der Waals surface area contributed by atoms with Gasteiger partial charge < -0.3 is 20.7 Å². The minimum atomic E-state index is -0.571. The van der Waals surface area contributed by atoms with Crippen LogP contribution in [0.2, 0.25) is 15.1 Å². The highest BCUT2D eigenvalue weighted by Crippen LogP contribution is 2.34. The van der Waals surface area contributed by atoms with E-state index in [0.29, 0.717) is 63.0 Å². The number of anilines is 1. The molecular formula is C24H22Cl3N4O3+. The van der Waals surface area contributed by atoms with E-state index in [9.17, 15) is 9.59 Å². The normalized spacial score (nSPS) is 15.0. The fourth-order valence-corrected chi connectivity index (χ4v) is 4.75. The molecule has 4 rings (SSSR count). The van der Waals surface area contributed by atoms with Crippen molar-refractivity contribution in [3.05, 3.63) is 80.5 Å². The molecule has 0 radical (unpaired) electrons. The molecule has 0 atom stereocenters. The number of fused-ring (bicyclic) bond motifs is 1. The highest BCUT2D eigenvalue weighted by atomic mass is 35.5. The summed E-state index contributed by atoms with van der Waals surface area (Å²) in [5.41, 5.74) is 9.53. The summed E-state index contributed by atoms with van der Waals surface area (Å²) in [7, 11) is 1.56. The number of halogens is 3. The lowest BCUT2D eigenvalue weighted by Gasteiger charge is -2.32. The number of piperazine rings is 1. The molecule has 3 amide bonds. The van der Waals surface area contributed by atoms with Crippen LogP contribution in [0.5, 0.6) is 5.75 Å². The van der Waals surface area contributed by atoms with Crippen LogP contribution in [0, 0.1) is 0 Å². The lowest BCUT2D eigenvalue weighted by molar-refractivity contribution is -0.500. The van der Waals surface area contributed by atoms with E-state index in [-0.39, 0.29) is 12.6 Å². The molecule has 2 heterocycles. The van der Waals surface area contributed by atoms with Crippen LogP contribution in [0.3, 0.4) is 0 Å². The van der Waals surface area contributed by atoms with Crippen molar-refractivity contribution in [1.82, 2.24) is 4.90 Å². The second-order valence-electron chi connectivity index (χ2n) is 7.80. The first-order valence-corrected chi connectivity index (χ1v) is 11.5. The first-order chi connectivity index (χ1) is 16.2. The molecule has 10 heteroatoms. The van der Waals surface area contributed by atoms with Crippen LogP contribution >= 0.6 is 34.8 Å². The molecule has 1 fully saturated rings. The van der Waals surface area contributed by atoms with Crippen LogP contribution in [0.25, 0.3) is 0 Å². The number of benzene rings is 2. The van der Waals surface area contributed by atoms with E-state index in [1.807, 2.05) is 10.6 Å². The Balaban J connectivity index is 1.60. The molecule has 3 N–H and O–H groups in total. The maximum absolute atomic E-state index is 12.8. The first kappa shape index (κ1) is 24.1. The molecule has 2 aromatic rings. The van der Waals surface area contributed by atoms with Gasteiger partial charge in [-0.05, 0) is 36.8 Å². The SMILES string of the molecule is C=CCc1c(Cl)cc(C2=[N+]3CCN(C(=O)Nc4ccc(Cl)c(Cl)c4)CC3=C2C(N)=O)cc1OC. The fourth-order valence-electron chi connectivity index (χ4n) is 4.16. The van der Waals surface area contributed by atoms with Gasteiger partial charge in [-0.3, -0.25) is 4.79 Å². The number of nitrogens with one attached hydrogen (secondary N) is 1. The van der Waals surface area contributed by atoms with E-state index in [1.54, 1.807) is 42.4 Å². The van der Waals surface area contributed by atoms with Gasteiger partial charge in [-0.25, -0.2) is 4.79 Å². The predicted molar refractivity (Wildman–Crippen MR) is 134 cm³/mol. The van der Waals surface area contributed by atoms with Gasteiger partial charge in [0.05, 0.1) is 29.3 Å². The highest BCUT2D eigenvalue weighted by Gasteiger charge is 2.47. The number of allylic oxidation sites excluding steroid dienone is 1. The van der Waals surface area contributed by atoms with Crippen molar-refractivity contribution in [2.24, 2.45) is 5.73 Å². The number of carbonyl (C=O) groups is 2. The third kappa shape index (κ3) is 4.39. The van der Waals surface area contributed by atoms with Crippen molar-refractivity contribution < 1.29 is 18.9 Å². The number of nitrogens with two attached hydrogens (primary N) is 1. The third-order valence-corrected chi connectivity index (χ3v) is 6.83. The molecule has 7 nitrogen and oxygen atoms in total. The third-order valence-electron chi connectivity index (χ3n) is 5.76. The van der Waals surface area contributed by atoms with Crippen molar-refractivity contribution in [3.8, 4) is 5.75 Å². The summed E-state index contributed by atoms with van der Waals surface area (Å²) in [6.07, 6.45) is 2.29. The Morgan fingerprint density at radius 1 is 1.21 bits per heavy atom. The molecule has 0 spiro atoms. The molecule has 2 aliphatic heterocycles. The number of hydrogen-bond acceptors (Lipinski definition) is 3. The predicted octanol–water partition coefficient (Wildman–Crippen LogP) is 4.49. The van der Waals surface area contributed by atoms with Crippen molar-refractivity contribution in [3.63, 3.8) is 0 Å². The number of carbonyl (C=O) groups excluding carboxylic acids is 2. The second-order valence-corrected chi connectivity index (χ2v) is 9.02. The van der Waals surface area contributed by atoms with E-state index in [2.05, 4.69) is 11.9 Å². The zero-order chi connectivity index (χ0) is 24.6. The van der Waals surface area contributed by atoms with Crippen molar-refractivity contribution in [2.75, 3.05) is 32.1 Å². The molecule has 34 heavy (non-hydrogen) atoms. The Kier molecular flexibility index (Phi) is 6.89. The first-order valence-electron chi connectivity index (χ1n) is 10.4. The van der Waals surface area contributed by atoms with Crippen LogP contribution in [0.15, 0.2) is 54.3 Å². The monoisotopic (exact) mass is 519 g/mol. The zero-order valence-corrected chi connectivity index (χ0v) is 20.6. The van der Waals surface area contributed by atoms with E-state index in [4.69, 9.17) is 45.3 Å². The fraction of sp³-hybridized carbons (Fsp3) is 0.208. The number of rotatable bonds is 6. The van der Waals surface area contributed by atoms with E-state index in [1.165, 1.54) is 0 Å². The minimum Gasteiger partial charge on any atom is -0.496 e. The Labute approximate surface area is 212 Å². The molecular weight excluding hydrogens is 499 g/mol. The average molecular weight is 521 g/mol. The van der Waals surface area contributed by atoms with E-state index in [0.717, 1.165) is 11.1 Å². The summed E-state index contributed by atoms with van der Waals surface area (Å²) >= 11 is 18.5. The minimum absolute atomic E-state index is 0.230. The molecule has 1 saturated heterocycles. The number of methoxy groups -OCH3 is 1. The van der Waals surface area contributed by atoms with Gasteiger partial charge in [0.1, 0.15) is 12.3 Å². The summed E-state index contributed by atoms with van der Waals surface area (Å²) in [5, 5.41) is 4.06. The topological polar surface area (TPSA) is 87.7 Å². The lowest BCUT2D eigenvalue weighted by Crippen LogP contribution is -2.53. The van der Waals surface area contributed by atoms with Gasteiger partial charge >= 0.3 is 6.03 Å². The lowest BCUT2D eigenvalue weighted by atomic mass is 9.90. The van der Waals surface area contributed by atoms with Gasteiger partial charge in [0.2, 0.25) is 11.4 Å². The maximum atomic E-state index is 12.8. The van der Waals surface area contributed by atoms with Gasteiger partial charge in [-0.2, -0.15) is 4.58 Å². The molecule has 2 aliphatic rings.